The van der Waals surface area contributed by atoms with Crippen LogP contribution in [0.4, 0.5) is 0 Å². The van der Waals surface area contributed by atoms with Crippen molar-refractivity contribution in [3.05, 3.63) is 60.2 Å². The van der Waals surface area contributed by atoms with E-state index in [4.69, 9.17) is 0 Å². The molecule has 0 radical (unpaired) electrons. The lowest BCUT2D eigenvalue weighted by atomic mass is 9.71. The van der Waals surface area contributed by atoms with E-state index in [1.807, 2.05) is 30.7 Å². The highest BCUT2D eigenvalue weighted by molar-refractivity contribution is 5.21. The molecule has 2 heteroatoms. The molecule has 22 heavy (non-hydrogen) atoms. The zero-order valence-corrected chi connectivity index (χ0v) is 14.3. The molecule has 2 aromatic rings. The van der Waals surface area contributed by atoms with Gasteiger partial charge >= 0.3 is 0 Å². The van der Waals surface area contributed by atoms with Crippen LogP contribution in [0.2, 0.25) is 0 Å². The third-order valence-electron chi connectivity index (χ3n) is 4.83. The molecule has 0 spiro atoms. The lowest BCUT2D eigenvalue weighted by Crippen LogP contribution is -2.27. The van der Waals surface area contributed by atoms with Gasteiger partial charge in [0.2, 0.25) is 0 Å². The maximum Gasteiger partial charge on any atom is 0.0462 e. The van der Waals surface area contributed by atoms with Crippen molar-refractivity contribution in [3.8, 4) is 0 Å². The molecule has 0 N–H and O–H groups in total. The number of hydrogen-bond acceptors (Lipinski definition) is 2. The number of nitrogens with zero attached hydrogens (tertiary/aromatic N) is 2. The molecule has 1 atom stereocenters. The van der Waals surface area contributed by atoms with Crippen LogP contribution in [0, 0.1) is 0 Å². The van der Waals surface area contributed by atoms with Gasteiger partial charge in [-0.15, -0.1) is 0 Å². The largest absolute Gasteiger partial charge is 0.264 e. The van der Waals surface area contributed by atoms with Gasteiger partial charge in [-0.2, -0.15) is 0 Å². The lowest BCUT2D eigenvalue weighted by Gasteiger charge is -2.33. The Morgan fingerprint density at radius 2 is 1.73 bits per heavy atom. The summed E-state index contributed by atoms with van der Waals surface area (Å²) in [5, 5.41) is 0. The van der Waals surface area contributed by atoms with Gasteiger partial charge < -0.3 is 0 Å². The summed E-state index contributed by atoms with van der Waals surface area (Å²) >= 11 is 0. The van der Waals surface area contributed by atoms with Crippen molar-refractivity contribution < 1.29 is 0 Å². The Hall–Kier alpha value is -1.70. The van der Waals surface area contributed by atoms with E-state index in [-0.39, 0.29) is 10.8 Å². The Labute approximate surface area is 135 Å². The monoisotopic (exact) mass is 296 g/mol. The topological polar surface area (TPSA) is 25.8 Å². The van der Waals surface area contributed by atoms with Crippen molar-refractivity contribution in [2.75, 3.05) is 0 Å². The molecular formula is C20H28N2. The van der Waals surface area contributed by atoms with Crippen LogP contribution in [0.5, 0.6) is 0 Å². The molecule has 2 aromatic heterocycles. The van der Waals surface area contributed by atoms with Crippen molar-refractivity contribution in [2.24, 2.45) is 0 Å². The van der Waals surface area contributed by atoms with E-state index in [9.17, 15) is 0 Å². The van der Waals surface area contributed by atoms with Crippen LogP contribution in [0.3, 0.4) is 0 Å². The van der Waals surface area contributed by atoms with E-state index in [0.29, 0.717) is 0 Å². The summed E-state index contributed by atoms with van der Waals surface area (Å²) in [6, 6.07) is 10.5. The van der Waals surface area contributed by atoms with Crippen molar-refractivity contribution >= 4 is 0 Å². The van der Waals surface area contributed by atoms with Gasteiger partial charge in [-0.25, -0.2) is 0 Å². The first kappa shape index (κ1) is 16.7. The Morgan fingerprint density at radius 1 is 0.909 bits per heavy atom. The molecule has 0 aliphatic heterocycles. The minimum Gasteiger partial charge on any atom is -0.264 e. The molecule has 2 nitrogen and oxygen atoms in total. The van der Waals surface area contributed by atoms with E-state index in [0.717, 1.165) is 12.8 Å². The Morgan fingerprint density at radius 3 is 2.32 bits per heavy atom. The predicted molar refractivity (Wildman–Crippen MR) is 93.0 cm³/mol. The second kappa shape index (κ2) is 7.04. The molecule has 2 heterocycles. The predicted octanol–water partition coefficient (Wildman–Crippen LogP) is 5.29. The molecule has 0 saturated carbocycles. The Bertz CT molecular complexity index is 563. The van der Waals surface area contributed by atoms with Crippen molar-refractivity contribution in [2.45, 2.75) is 64.2 Å². The number of hydrogen-bond donors (Lipinski definition) is 0. The molecule has 0 saturated heterocycles. The average molecular weight is 296 g/mol. The normalized spacial score (nSPS) is 14.5. The van der Waals surface area contributed by atoms with Crippen LogP contribution >= 0.6 is 0 Å². The van der Waals surface area contributed by atoms with Crippen LogP contribution in [-0.4, -0.2) is 9.97 Å². The molecule has 0 aliphatic carbocycles. The summed E-state index contributed by atoms with van der Waals surface area (Å²) in [6.45, 7) is 9.25. The van der Waals surface area contributed by atoms with E-state index < -0.39 is 0 Å². The van der Waals surface area contributed by atoms with Crippen molar-refractivity contribution in [1.82, 2.24) is 9.97 Å². The first-order valence-corrected chi connectivity index (χ1v) is 8.30. The number of aromatic nitrogens is 2. The summed E-state index contributed by atoms with van der Waals surface area (Å²) < 4.78 is 0. The summed E-state index contributed by atoms with van der Waals surface area (Å²) in [6.07, 6.45) is 10.4. The quantitative estimate of drug-likeness (QED) is 0.693. The van der Waals surface area contributed by atoms with E-state index in [1.54, 1.807) is 0 Å². The summed E-state index contributed by atoms with van der Waals surface area (Å²) in [5.41, 5.74) is 2.82. The first-order valence-electron chi connectivity index (χ1n) is 8.30. The van der Waals surface area contributed by atoms with E-state index >= 15 is 0 Å². The van der Waals surface area contributed by atoms with Gasteiger partial charge in [-0.05, 0) is 48.4 Å². The van der Waals surface area contributed by atoms with Gasteiger partial charge in [0, 0.05) is 29.7 Å². The number of pyridine rings is 2. The zero-order valence-electron chi connectivity index (χ0n) is 14.3. The van der Waals surface area contributed by atoms with Crippen molar-refractivity contribution in [1.29, 1.82) is 0 Å². The molecule has 2 rings (SSSR count). The molecule has 0 aromatic carbocycles. The van der Waals surface area contributed by atoms with Crippen LogP contribution < -0.4 is 0 Å². The fraction of sp³-hybridized carbons (Fsp3) is 0.500. The maximum atomic E-state index is 4.63. The molecule has 118 valence electrons. The highest BCUT2D eigenvalue weighted by Crippen LogP contribution is 2.37. The van der Waals surface area contributed by atoms with Crippen molar-refractivity contribution in [3.63, 3.8) is 0 Å². The highest BCUT2D eigenvalue weighted by Gasteiger charge is 2.31. The van der Waals surface area contributed by atoms with E-state index in [2.05, 4.69) is 55.9 Å². The fourth-order valence-corrected chi connectivity index (χ4v) is 3.15. The standard InChI is InChI=1S/C20H28N2/c1-5-11-20(4,18-10-6-7-15-22-18)13-12-19(2,3)17-9-8-14-21-16-17/h6-10,14-16H,5,11-13H2,1-4H3. The maximum absolute atomic E-state index is 4.63. The van der Waals surface area contributed by atoms with Crippen LogP contribution in [0.15, 0.2) is 48.9 Å². The second-order valence-electron chi connectivity index (χ2n) is 7.15. The van der Waals surface area contributed by atoms with Crippen LogP contribution in [0.1, 0.15) is 64.6 Å². The minimum absolute atomic E-state index is 0.137. The van der Waals surface area contributed by atoms with Crippen LogP contribution in [0.25, 0.3) is 0 Å². The second-order valence-corrected chi connectivity index (χ2v) is 7.15. The average Bonchev–Trinajstić information content (AvgIpc) is 2.55. The smallest absolute Gasteiger partial charge is 0.0462 e. The molecule has 0 aliphatic rings. The summed E-state index contributed by atoms with van der Waals surface area (Å²) in [4.78, 5) is 8.91. The van der Waals surface area contributed by atoms with Gasteiger partial charge in [-0.1, -0.05) is 46.2 Å². The molecule has 1 unspecified atom stereocenters. The van der Waals surface area contributed by atoms with Gasteiger partial charge in [0.25, 0.3) is 0 Å². The SMILES string of the molecule is CCCC(C)(CCC(C)(C)c1cccnc1)c1ccccn1. The van der Waals surface area contributed by atoms with Gasteiger partial charge in [0.15, 0.2) is 0 Å². The van der Waals surface area contributed by atoms with Crippen LogP contribution in [-0.2, 0) is 10.8 Å². The zero-order chi connectivity index (χ0) is 16.1. The molecule has 0 fully saturated rings. The minimum atomic E-state index is 0.137. The highest BCUT2D eigenvalue weighted by atomic mass is 14.7. The molecule has 0 amide bonds. The van der Waals surface area contributed by atoms with Gasteiger partial charge in [0.05, 0.1) is 0 Å². The third kappa shape index (κ3) is 3.94. The fourth-order valence-electron chi connectivity index (χ4n) is 3.15. The van der Waals surface area contributed by atoms with Gasteiger partial charge in [-0.3, -0.25) is 9.97 Å². The molecular weight excluding hydrogens is 268 g/mol. The van der Waals surface area contributed by atoms with E-state index in [1.165, 1.54) is 24.1 Å². The Kier molecular flexibility index (Phi) is 5.33. The number of rotatable bonds is 7. The molecule has 0 bridgehead atoms. The summed E-state index contributed by atoms with van der Waals surface area (Å²) in [5.74, 6) is 0. The van der Waals surface area contributed by atoms with Gasteiger partial charge in [0.1, 0.15) is 0 Å². The first-order chi connectivity index (χ1) is 10.5. The summed E-state index contributed by atoms with van der Waals surface area (Å²) in [7, 11) is 0. The Balaban J connectivity index is 2.15. The third-order valence-corrected chi connectivity index (χ3v) is 4.83. The lowest BCUT2D eigenvalue weighted by molar-refractivity contribution is 0.326.